The molecule has 0 saturated carbocycles. The number of ketones is 2. The lowest BCUT2D eigenvalue weighted by Crippen LogP contribution is -2.26. The summed E-state index contributed by atoms with van der Waals surface area (Å²) in [6, 6.07) is 23.6. The number of carbonyl (C=O) groups is 2. The molecule has 0 bridgehead atoms. The molecule has 0 aliphatic heterocycles. The highest BCUT2D eigenvalue weighted by Gasteiger charge is 2.45. The van der Waals surface area contributed by atoms with Crippen molar-refractivity contribution in [3.05, 3.63) is 106 Å². The van der Waals surface area contributed by atoms with Gasteiger partial charge in [0.05, 0.1) is 5.92 Å². The molecule has 0 saturated heterocycles. The van der Waals surface area contributed by atoms with Crippen LogP contribution in [-0.4, -0.2) is 11.6 Å². The lowest BCUT2D eigenvalue weighted by molar-refractivity contribution is 0.0824. The molecule has 0 aromatic heterocycles. The van der Waals surface area contributed by atoms with Gasteiger partial charge in [-0.3, -0.25) is 9.59 Å². The second-order valence-electron chi connectivity index (χ2n) is 7.34. The van der Waals surface area contributed by atoms with Crippen molar-refractivity contribution in [2.75, 3.05) is 0 Å². The molecule has 2 heteroatoms. The van der Waals surface area contributed by atoms with E-state index in [2.05, 4.69) is 32.0 Å². The van der Waals surface area contributed by atoms with Crippen molar-refractivity contribution >= 4 is 11.6 Å². The van der Waals surface area contributed by atoms with Crippen molar-refractivity contribution in [3.63, 3.8) is 0 Å². The average Bonchev–Trinajstić information content (AvgIpc) is 3.00. The summed E-state index contributed by atoms with van der Waals surface area (Å²) in [5.41, 5.74) is 5.72. The van der Waals surface area contributed by atoms with Gasteiger partial charge in [0.1, 0.15) is 0 Å². The van der Waals surface area contributed by atoms with E-state index in [0.29, 0.717) is 11.1 Å². The van der Waals surface area contributed by atoms with Crippen LogP contribution in [0.15, 0.2) is 72.8 Å². The van der Waals surface area contributed by atoms with Gasteiger partial charge in [0, 0.05) is 17.0 Å². The number of fused-ring (bicyclic) bond motifs is 1. The van der Waals surface area contributed by atoms with Gasteiger partial charge in [-0.2, -0.15) is 0 Å². The quantitative estimate of drug-likeness (QED) is 0.546. The largest absolute Gasteiger partial charge is 0.293 e. The van der Waals surface area contributed by atoms with Crippen molar-refractivity contribution < 1.29 is 9.59 Å². The predicted molar refractivity (Wildman–Crippen MR) is 112 cm³/mol. The Morgan fingerprint density at radius 3 is 1.68 bits per heavy atom. The first kappa shape index (κ1) is 18.4. The zero-order chi connectivity index (χ0) is 19.7. The summed E-state index contributed by atoms with van der Waals surface area (Å²) in [4.78, 5) is 26.7. The Hall–Kier alpha value is -3.00. The smallest absolute Gasteiger partial charge is 0.175 e. The standard InChI is InChI=1S/C26H24O2/c1-3-17-13-10-14-18(4-2)22(17)23(19-11-6-5-7-12-19)24-25(27)20-15-8-9-16-21(20)26(24)28/h5-16,23-24H,3-4H2,1-2H3. The molecule has 3 aromatic carbocycles. The maximum atomic E-state index is 13.4. The van der Waals surface area contributed by atoms with Crippen LogP contribution in [0.25, 0.3) is 0 Å². The van der Waals surface area contributed by atoms with Gasteiger partial charge in [0.2, 0.25) is 0 Å². The van der Waals surface area contributed by atoms with E-state index in [4.69, 9.17) is 0 Å². The lowest BCUT2D eigenvalue weighted by atomic mass is 9.74. The van der Waals surface area contributed by atoms with Crippen molar-refractivity contribution in [2.24, 2.45) is 5.92 Å². The van der Waals surface area contributed by atoms with Crippen molar-refractivity contribution in [1.82, 2.24) is 0 Å². The summed E-state index contributed by atoms with van der Waals surface area (Å²) < 4.78 is 0. The molecule has 140 valence electrons. The molecule has 0 radical (unpaired) electrons. The number of rotatable bonds is 5. The van der Waals surface area contributed by atoms with Gasteiger partial charge in [-0.1, -0.05) is 86.6 Å². The number of carbonyl (C=O) groups excluding carboxylic acids is 2. The molecule has 0 N–H and O–H groups in total. The molecule has 0 heterocycles. The molecule has 1 aliphatic carbocycles. The van der Waals surface area contributed by atoms with E-state index in [0.717, 1.165) is 24.0 Å². The first-order valence-electron chi connectivity index (χ1n) is 10.00. The SMILES string of the molecule is CCc1cccc(CC)c1C(c1ccccc1)C1C(=O)c2ccccc2C1=O. The van der Waals surface area contributed by atoms with E-state index in [-0.39, 0.29) is 17.5 Å². The Bertz CT molecular complexity index is 976. The molecule has 3 aromatic rings. The Morgan fingerprint density at radius 2 is 1.18 bits per heavy atom. The predicted octanol–water partition coefficient (Wildman–Crippen LogP) is 5.64. The third-order valence-electron chi connectivity index (χ3n) is 5.87. The van der Waals surface area contributed by atoms with E-state index < -0.39 is 5.92 Å². The topological polar surface area (TPSA) is 34.1 Å². The summed E-state index contributed by atoms with van der Waals surface area (Å²) in [5, 5.41) is 0. The Labute approximate surface area is 166 Å². The fourth-order valence-electron chi connectivity index (χ4n) is 4.54. The number of hydrogen-bond donors (Lipinski definition) is 0. The second-order valence-corrected chi connectivity index (χ2v) is 7.34. The van der Waals surface area contributed by atoms with E-state index in [1.807, 2.05) is 42.5 Å². The third kappa shape index (κ3) is 2.90. The molecule has 0 spiro atoms. The van der Waals surface area contributed by atoms with Crippen LogP contribution in [0, 0.1) is 5.92 Å². The highest BCUT2D eigenvalue weighted by atomic mass is 16.2. The van der Waals surface area contributed by atoms with Gasteiger partial charge in [-0.25, -0.2) is 0 Å². The van der Waals surface area contributed by atoms with Gasteiger partial charge in [-0.15, -0.1) is 0 Å². The highest BCUT2D eigenvalue weighted by Crippen LogP contribution is 2.43. The molecular weight excluding hydrogens is 344 g/mol. The van der Waals surface area contributed by atoms with Gasteiger partial charge in [-0.05, 0) is 35.1 Å². The summed E-state index contributed by atoms with van der Waals surface area (Å²) in [6.07, 6.45) is 1.74. The summed E-state index contributed by atoms with van der Waals surface area (Å²) in [7, 11) is 0. The van der Waals surface area contributed by atoms with Gasteiger partial charge >= 0.3 is 0 Å². The van der Waals surface area contributed by atoms with Crippen LogP contribution in [0.2, 0.25) is 0 Å². The van der Waals surface area contributed by atoms with Crippen LogP contribution in [0.3, 0.4) is 0 Å². The fraction of sp³-hybridized carbons (Fsp3) is 0.231. The van der Waals surface area contributed by atoms with Crippen LogP contribution >= 0.6 is 0 Å². The third-order valence-corrected chi connectivity index (χ3v) is 5.87. The maximum absolute atomic E-state index is 13.4. The first-order chi connectivity index (χ1) is 13.7. The summed E-state index contributed by atoms with van der Waals surface area (Å²) in [6.45, 7) is 4.26. The Balaban J connectivity index is 1.96. The molecule has 2 nitrogen and oxygen atoms in total. The van der Waals surface area contributed by atoms with Crippen LogP contribution in [0.1, 0.15) is 62.7 Å². The van der Waals surface area contributed by atoms with Crippen LogP contribution in [0.5, 0.6) is 0 Å². The van der Waals surface area contributed by atoms with Crippen LogP contribution in [-0.2, 0) is 12.8 Å². The number of benzene rings is 3. The van der Waals surface area contributed by atoms with E-state index in [1.54, 1.807) is 12.1 Å². The second kappa shape index (κ2) is 7.55. The van der Waals surface area contributed by atoms with E-state index in [9.17, 15) is 9.59 Å². The monoisotopic (exact) mass is 368 g/mol. The molecular formula is C26H24O2. The minimum atomic E-state index is -0.696. The average molecular weight is 368 g/mol. The zero-order valence-electron chi connectivity index (χ0n) is 16.3. The van der Waals surface area contributed by atoms with E-state index in [1.165, 1.54) is 11.1 Å². The molecule has 1 aliphatic rings. The molecule has 0 fully saturated rings. The highest BCUT2D eigenvalue weighted by molar-refractivity contribution is 6.27. The van der Waals surface area contributed by atoms with Crippen molar-refractivity contribution in [1.29, 1.82) is 0 Å². The number of aryl methyl sites for hydroxylation is 2. The van der Waals surface area contributed by atoms with E-state index >= 15 is 0 Å². The lowest BCUT2D eigenvalue weighted by Gasteiger charge is -2.27. The van der Waals surface area contributed by atoms with Crippen LogP contribution < -0.4 is 0 Å². The van der Waals surface area contributed by atoms with Gasteiger partial charge in [0.25, 0.3) is 0 Å². The molecule has 0 amide bonds. The van der Waals surface area contributed by atoms with Crippen molar-refractivity contribution in [2.45, 2.75) is 32.6 Å². The minimum Gasteiger partial charge on any atom is -0.293 e. The zero-order valence-corrected chi connectivity index (χ0v) is 16.3. The van der Waals surface area contributed by atoms with Gasteiger partial charge in [0.15, 0.2) is 11.6 Å². The molecule has 28 heavy (non-hydrogen) atoms. The number of Topliss-reactive ketones (excluding diaryl/α,β-unsaturated/α-hetero) is 2. The summed E-state index contributed by atoms with van der Waals surface area (Å²) in [5.74, 6) is -1.07. The Kier molecular flexibility index (Phi) is 4.95. The fourth-order valence-corrected chi connectivity index (χ4v) is 4.54. The summed E-state index contributed by atoms with van der Waals surface area (Å²) >= 11 is 0. The van der Waals surface area contributed by atoms with Gasteiger partial charge < -0.3 is 0 Å². The first-order valence-corrected chi connectivity index (χ1v) is 10.00. The maximum Gasteiger partial charge on any atom is 0.175 e. The normalized spacial score (nSPS) is 14.9. The Morgan fingerprint density at radius 1 is 0.679 bits per heavy atom. The molecule has 4 rings (SSSR count). The molecule has 1 unspecified atom stereocenters. The minimum absolute atomic E-state index is 0.0533. The van der Waals surface area contributed by atoms with Crippen LogP contribution in [0.4, 0.5) is 0 Å². The number of hydrogen-bond acceptors (Lipinski definition) is 2. The van der Waals surface area contributed by atoms with Crippen molar-refractivity contribution in [3.8, 4) is 0 Å². The molecule has 1 atom stereocenters.